The van der Waals surface area contributed by atoms with Gasteiger partial charge in [-0.05, 0) is 62.9 Å². The van der Waals surface area contributed by atoms with Gasteiger partial charge in [0.15, 0.2) is 0 Å². The number of carbonyl (C=O) groups excluding carboxylic acids is 4. The number of alkyl carbamates (subject to hydrolysis) is 1. The number of carbonyl (C=O) groups is 4. The van der Waals surface area contributed by atoms with E-state index in [1.807, 2.05) is 20.8 Å². The quantitative estimate of drug-likeness (QED) is 0.276. The standard InChI is InChI=1S/C34H48FN3O6Si/c1-22(25-13-11-12-14-26(25)35)37(19-23-15-17-24(18-16-23)31(41)43-8)29(39)27-20-45(9,10)21-38(27)30(40)28(33(2,3)4)36-32(42)44-34(5,6)7/h11-18,22,27-28H,19-21H2,1-10H3,(H,36,42)/t22-,27+,28-/m1/s1. The summed E-state index contributed by atoms with van der Waals surface area (Å²) in [5, 5.41) is 2.77. The van der Waals surface area contributed by atoms with Crippen LogP contribution in [0.4, 0.5) is 9.18 Å². The summed E-state index contributed by atoms with van der Waals surface area (Å²) in [6, 6.07) is 11.1. The van der Waals surface area contributed by atoms with E-state index in [1.165, 1.54) is 13.2 Å². The van der Waals surface area contributed by atoms with E-state index in [9.17, 15) is 19.2 Å². The highest BCUT2D eigenvalue weighted by Gasteiger charge is 2.50. The molecule has 0 saturated carbocycles. The molecule has 1 saturated heterocycles. The van der Waals surface area contributed by atoms with Crippen LogP contribution in [0.25, 0.3) is 0 Å². The Balaban J connectivity index is 2.02. The van der Waals surface area contributed by atoms with E-state index >= 15 is 4.39 Å². The molecule has 0 radical (unpaired) electrons. The van der Waals surface area contributed by atoms with Gasteiger partial charge in [0.2, 0.25) is 11.8 Å². The Morgan fingerprint density at radius 2 is 1.62 bits per heavy atom. The van der Waals surface area contributed by atoms with Crippen LogP contribution >= 0.6 is 0 Å². The van der Waals surface area contributed by atoms with Gasteiger partial charge in [0.25, 0.3) is 0 Å². The fourth-order valence-corrected chi connectivity index (χ4v) is 8.47. The van der Waals surface area contributed by atoms with Crippen molar-refractivity contribution in [2.45, 2.75) is 97.9 Å². The van der Waals surface area contributed by atoms with Crippen molar-refractivity contribution in [3.05, 3.63) is 71.0 Å². The van der Waals surface area contributed by atoms with Crippen molar-refractivity contribution < 1.29 is 33.0 Å². The van der Waals surface area contributed by atoms with Crippen LogP contribution in [0.5, 0.6) is 0 Å². The Morgan fingerprint density at radius 1 is 1.02 bits per heavy atom. The lowest BCUT2D eigenvalue weighted by Crippen LogP contribution is -2.58. The van der Waals surface area contributed by atoms with Crippen molar-refractivity contribution in [3.63, 3.8) is 0 Å². The number of nitrogens with one attached hydrogen (secondary N) is 1. The Kier molecular flexibility index (Phi) is 10.9. The second-order valence-corrected chi connectivity index (χ2v) is 19.7. The minimum atomic E-state index is -2.07. The minimum Gasteiger partial charge on any atom is -0.465 e. The van der Waals surface area contributed by atoms with Gasteiger partial charge in [-0.2, -0.15) is 0 Å². The lowest BCUT2D eigenvalue weighted by atomic mass is 9.85. The normalized spacial score (nSPS) is 17.7. The van der Waals surface area contributed by atoms with E-state index in [4.69, 9.17) is 9.47 Å². The number of nitrogens with zero attached hydrogens (tertiary/aromatic N) is 2. The molecule has 9 nitrogen and oxygen atoms in total. The average Bonchev–Trinajstić information content (AvgIpc) is 3.27. The first-order chi connectivity index (χ1) is 20.7. The van der Waals surface area contributed by atoms with E-state index in [-0.39, 0.29) is 18.4 Å². The molecule has 2 aromatic carbocycles. The van der Waals surface area contributed by atoms with Gasteiger partial charge in [0, 0.05) is 18.3 Å². The fraction of sp³-hybridized carbons (Fsp3) is 0.529. The van der Waals surface area contributed by atoms with Gasteiger partial charge in [-0.1, -0.05) is 64.2 Å². The molecule has 0 aromatic heterocycles. The molecule has 1 aliphatic heterocycles. The third kappa shape index (κ3) is 9.15. The Labute approximate surface area is 267 Å². The van der Waals surface area contributed by atoms with E-state index in [1.54, 1.807) is 80.0 Å². The van der Waals surface area contributed by atoms with Gasteiger partial charge in [0.1, 0.15) is 23.5 Å². The molecular weight excluding hydrogens is 593 g/mol. The Hall–Kier alpha value is -3.73. The summed E-state index contributed by atoms with van der Waals surface area (Å²) < 4.78 is 25.3. The number of hydrogen-bond donors (Lipinski definition) is 1. The van der Waals surface area contributed by atoms with Crippen LogP contribution < -0.4 is 5.32 Å². The van der Waals surface area contributed by atoms with E-state index in [2.05, 4.69) is 18.4 Å². The number of methoxy groups -OCH3 is 1. The summed E-state index contributed by atoms with van der Waals surface area (Å²) in [6.07, 6.45) is -0.278. The van der Waals surface area contributed by atoms with Gasteiger partial charge >= 0.3 is 12.1 Å². The molecule has 45 heavy (non-hydrogen) atoms. The molecule has 0 unspecified atom stereocenters. The van der Waals surface area contributed by atoms with Gasteiger partial charge in [-0.15, -0.1) is 0 Å². The summed E-state index contributed by atoms with van der Waals surface area (Å²) in [4.78, 5) is 56.9. The zero-order chi connectivity index (χ0) is 33.9. The number of hydrogen-bond acceptors (Lipinski definition) is 6. The molecular formula is C34H48FN3O6Si. The minimum absolute atomic E-state index is 0.120. The summed E-state index contributed by atoms with van der Waals surface area (Å²) in [5.74, 6) is -1.58. The highest BCUT2D eigenvalue weighted by atomic mass is 28.3. The highest BCUT2D eigenvalue weighted by Crippen LogP contribution is 2.34. The van der Waals surface area contributed by atoms with Gasteiger partial charge in [-0.25, -0.2) is 14.0 Å². The second kappa shape index (κ2) is 13.7. The summed E-state index contributed by atoms with van der Waals surface area (Å²) in [5.41, 5.74) is 0.00786. The van der Waals surface area contributed by atoms with Crippen LogP contribution in [0.2, 0.25) is 19.1 Å². The van der Waals surface area contributed by atoms with Gasteiger partial charge in [-0.3, -0.25) is 9.59 Å². The highest BCUT2D eigenvalue weighted by molar-refractivity contribution is 6.79. The first kappa shape index (κ1) is 35.7. The number of benzene rings is 2. The maximum Gasteiger partial charge on any atom is 0.408 e. The van der Waals surface area contributed by atoms with Gasteiger partial charge < -0.3 is 24.6 Å². The third-order valence-electron chi connectivity index (χ3n) is 7.90. The zero-order valence-corrected chi connectivity index (χ0v) is 29.2. The maximum atomic E-state index is 15.1. The largest absolute Gasteiger partial charge is 0.465 e. The number of esters is 1. The van der Waals surface area contributed by atoms with Crippen LogP contribution in [-0.4, -0.2) is 72.7 Å². The Morgan fingerprint density at radius 3 is 2.16 bits per heavy atom. The molecule has 246 valence electrons. The molecule has 0 aliphatic carbocycles. The van der Waals surface area contributed by atoms with Crippen molar-refractivity contribution >= 4 is 32.0 Å². The SMILES string of the molecule is COC(=O)c1ccc(CN(C(=O)[C@@H]2C[Si](C)(C)CN2C(=O)[C@@H](NC(=O)OC(C)(C)C)C(C)(C)C)[C@H](C)c2ccccc2F)cc1. The molecule has 3 rings (SSSR count). The molecule has 0 bridgehead atoms. The van der Waals surface area contributed by atoms with Crippen LogP contribution in [0, 0.1) is 11.2 Å². The van der Waals surface area contributed by atoms with E-state index < -0.39 is 55.1 Å². The van der Waals surface area contributed by atoms with Crippen LogP contribution in [0.15, 0.2) is 48.5 Å². The molecule has 1 fully saturated rings. The molecule has 3 atom stereocenters. The average molecular weight is 642 g/mol. The summed E-state index contributed by atoms with van der Waals surface area (Å²) in [7, 11) is -0.769. The van der Waals surface area contributed by atoms with Crippen LogP contribution in [0.1, 0.15) is 76.0 Å². The predicted octanol–water partition coefficient (Wildman–Crippen LogP) is 6.10. The molecule has 3 amide bonds. The first-order valence-corrected chi connectivity index (χ1v) is 18.7. The Bertz CT molecular complexity index is 1400. The smallest absolute Gasteiger partial charge is 0.408 e. The van der Waals surface area contributed by atoms with Crippen LogP contribution in [-0.2, 0) is 25.6 Å². The van der Waals surface area contributed by atoms with Crippen molar-refractivity contribution in [2.24, 2.45) is 5.41 Å². The van der Waals surface area contributed by atoms with Crippen molar-refractivity contribution in [2.75, 3.05) is 13.3 Å². The first-order valence-electron chi connectivity index (χ1n) is 15.3. The number of rotatable bonds is 8. The van der Waals surface area contributed by atoms with E-state index in [0.29, 0.717) is 23.3 Å². The van der Waals surface area contributed by atoms with Crippen molar-refractivity contribution in [3.8, 4) is 0 Å². The van der Waals surface area contributed by atoms with E-state index in [0.717, 1.165) is 5.56 Å². The molecule has 2 aromatic rings. The predicted molar refractivity (Wildman–Crippen MR) is 174 cm³/mol. The summed E-state index contributed by atoms with van der Waals surface area (Å²) in [6.45, 7) is 17.0. The molecule has 1 aliphatic rings. The lowest BCUT2D eigenvalue weighted by molar-refractivity contribution is -0.147. The van der Waals surface area contributed by atoms with Crippen LogP contribution in [0.3, 0.4) is 0 Å². The topological polar surface area (TPSA) is 105 Å². The lowest BCUT2D eigenvalue weighted by Gasteiger charge is -2.38. The molecule has 11 heteroatoms. The maximum absolute atomic E-state index is 15.1. The molecule has 0 spiro atoms. The fourth-order valence-electron chi connectivity index (χ4n) is 5.60. The number of halogens is 1. The zero-order valence-electron chi connectivity index (χ0n) is 28.2. The number of amides is 3. The molecule has 1 N–H and O–H groups in total. The molecule has 1 heterocycles. The van der Waals surface area contributed by atoms with Gasteiger partial charge in [0.05, 0.1) is 26.8 Å². The summed E-state index contributed by atoms with van der Waals surface area (Å²) >= 11 is 0. The van der Waals surface area contributed by atoms with Crippen molar-refractivity contribution in [1.29, 1.82) is 0 Å². The third-order valence-corrected chi connectivity index (χ3v) is 10.6. The monoisotopic (exact) mass is 641 g/mol. The van der Waals surface area contributed by atoms with Crippen molar-refractivity contribution in [1.82, 2.24) is 15.1 Å². The number of ether oxygens (including phenoxy) is 2. The second-order valence-electron chi connectivity index (χ2n) is 14.6.